The van der Waals surface area contributed by atoms with E-state index in [-0.39, 0.29) is 18.0 Å². The third kappa shape index (κ3) is 3.93. The molecular formula is C22H19N5O4. The molecule has 1 aliphatic heterocycles. The van der Waals surface area contributed by atoms with E-state index >= 15 is 0 Å². The lowest BCUT2D eigenvalue weighted by molar-refractivity contribution is -0.130. The maximum Gasteiger partial charge on any atom is 0.290 e. The largest absolute Gasteiger partial charge is 0.311 e. The molecule has 0 radical (unpaired) electrons. The Balaban J connectivity index is 1.49. The first kappa shape index (κ1) is 20.0. The molecule has 31 heavy (non-hydrogen) atoms. The highest BCUT2D eigenvalue weighted by atomic mass is 16.2. The minimum atomic E-state index is -0.673. The van der Waals surface area contributed by atoms with Crippen molar-refractivity contribution >= 4 is 34.6 Å². The van der Waals surface area contributed by atoms with Crippen LogP contribution in [0.25, 0.3) is 16.8 Å². The van der Waals surface area contributed by atoms with Gasteiger partial charge in [-0.25, -0.2) is 5.10 Å². The third-order valence-corrected chi connectivity index (χ3v) is 5.07. The SMILES string of the molecule is CC(=O)N1C=Cc2ccccc2[C@H]1CC(=O)NNC(=O)c1n[nH]c(=O)c2ccccc12. The smallest absolute Gasteiger partial charge is 0.290 e. The first-order chi connectivity index (χ1) is 15.0. The number of nitrogens with zero attached hydrogens (tertiary/aromatic N) is 2. The Labute approximate surface area is 176 Å². The Morgan fingerprint density at radius 3 is 2.52 bits per heavy atom. The number of hydrazine groups is 1. The van der Waals surface area contributed by atoms with Crippen molar-refractivity contribution in [2.45, 2.75) is 19.4 Å². The second-order valence-corrected chi connectivity index (χ2v) is 7.04. The summed E-state index contributed by atoms with van der Waals surface area (Å²) in [6.07, 6.45) is 3.42. The molecule has 0 saturated carbocycles. The zero-order valence-electron chi connectivity index (χ0n) is 16.6. The Hall–Kier alpha value is -4.27. The van der Waals surface area contributed by atoms with Crippen LogP contribution in [0.2, 0.25) is 0 Å². The van der Waals surface area contributed by atoms with Crippen LogP contribution >= 0.6 is 0 Å². The average Bonchev–Trinajstić information content (AvgIpc) is 2.78. The standard InChI is InChI=1S/C22H19N5O4/c1-13(28)27-11-10-14-6-2-3-7-15(14)18(27)12-19(29)23-26-22(31)20-16-8-4-5-9-17(16)21(30)25-24-20/h2-11,18H,12H2,1H3,(H,23,29)(H,25,30)(H,26,31)/t18-/m1/s1. The van der Waals surface area contributed by atoms with Crippen LogP contribution in [-0.2, 0) is 9.59 Å². The molecule has 0 fully saturated rings. The molecule has 1 aromatic heterocycles. The molecule has 4 rings (SSSR count). The fraction of sp³-hybridized carbons (Fsp3) is 0.136. The molecule has 9 nitrogen and oxygen atoms in total. The number of carbonyl (C=O) groups is 3. The van der Waals surface area contributed by atoms with Crippen molar-refractivity contribution in [1.29, 1.82) is 0 Å². The number of rotatable bonds is 3. The fourth-order valence-corrected chi connectivity index (χ4v) is 3.61. The van der Waals surface area contributed by atoms with Gasteiger partial charge in [0.05, 0.1) is 17.8 Å². The maximum atomic E-state index is 12.6. The van der Waals surface area contributed by atoms with Crippen molar-refractivity contribution in [3.63, 3.8) is 0 Å². The van der Waals surface area contributed by atoms with Gasteiger partial charge in [-0.05, 0) is 23.3 Å². The van der Waals surface area contributed by atoms with Gasteiger partial charge in [0, 0.05) is 18.5 Å². The van der Waals surface area contributed by atoms with Gasteiger partial charge < -0.3 is 4.90 Å². The number of aromatic amines is 1. The summed E-state index contributed by atoms with van der Waals surface area (Å²) in [6.45, 7) is 1.43. The molecular weight excluding hydrogens is 398 g/mol. The summed E-state index contributed by atoms with van der Waals surface area (Å²) in [5, 5.41) is 6.76. The van der Waals surface area contributed by atoms with Gasteiger partial charge in [0.25, 0.3) is 11.5 Å². The number of hydrogen-bond acceptors (Lipinski definition) is 5. The second kappa shape index (κ2) is 8.23. The van der Waals surface area contributed by atoms with E-state index in [0.717, 1.165) is 11.1 Å². The molecule has 0 unspecified atom stereocenters. The summed E-state index contributed by atoms with van der Waals surface area (Å²) in [5.74, 6) is -1.35. The van der Waals surface area contributed by atoms with Gasteiger partial charge in [0.15, 0.2) is 5.69 Å². The van der Waals surface area contributed by atoms with Gasteiger partial charge in [-0.2, -0.15) is 5.10 Å². The molecule has 3 amide bonds. The van der Waals surface area contributed by atoms with Crippen LogP contribution in [0, 0.1) is 0 Å². The van der Waals surface area contributed by atoms with Crippen molar-refractivity contribution in [3.05, 3.63) is 81.9 Å². The van der Waals surface area contributed by atoms with Crippen molar-refractivity contribution in [3.8, 4) is 0 Å². The van der Waals surface area contributed by atoms with E-state index in [4.69, 9.17) is 0 Å². The quantitative estimate of drug-likeness (QED) is 0.559. The lowest BCUT2D eigenvalue weighted by Crippen LogP contribution is -2.44. The second-order valence-electron chi connectivity index (χ2n) is 7.04. The van der Waals surface area contributed by atoms with Gasteiger partial charge in [-0.1, -0.05) is 42.5 Å². The summed E-state index contributed by atoms with van der Waals surface area (Å²) in [5.41, 5.74) is 6.02. The van der Waals surface area contributed by atoms with E-state index in [0.29, 0.717) is 10.8 Å². The Bertz CT molecular complexity index is 1280. The van der Waals surface area contributed by atoms with Crippen LogP contribution in [0.1, 0.15) is 41.0 Å². The van der Waals surface area contributed by atoms with Crippen LogP contribution in [0.4, 0.5) is 0 Å². The Kier molecular flexibility index (Phi) is 5.31. The molecule has 156 valence electrons. The number of benzene rings is 2. The number of carbonyl (C=O) groups excluding carboxylic acids is 3. The Morgan fingerprint density at radius 1 is 1.03 bits per heavy atom. The van der Waals surface area contributed by atoms with Crippen molar-refractivity contribution in [1.82, 2.24) is 25.9 Å². The van der Waals surface area contributed by atoms with E-state index in [1.54, 1.807) is 30.5 Å². The predicted octanol–water partition coefficient (Wildman–Crippen LogP) is 1.65. The summed E-state index contributed by atoms with van der Waals surface area (Å²) < 4.78 is 0. The first-order valence-corrected chi connectivity index (χ1v) is 9.58. The van der Waals surface area contributed by atoms with Crippen LogP contribution in [0.15, 0.2) is 59.5 Å². The van der Waals surface area contributed by atoms with Crippen molar-refractivity contribution < 1.29 is 14.4 Å². The molecule has 0 spiro atoms. The van der Waals surface area contributed by atoms with Gasteiger partial charge in [0.2, 0.25) is 11.8 Å². The lowest BCUT2D eigenvalue weighted by atomic mass is 9.93. The van der Waals surface area contributed by atoms with E-state index < -0.39 is 23.4 Å². The normalized spacial score (nSPS) is 14.7. The average molecular weight is 417 g/mol. The van der Waals surface area contributed by atoms with Crippen LogP contribution in [0.5, 0.6) is 0 Å². The fourth-order valence-electron chi connectivity index (χ4n) is 3.61. The minimum Gasteiger partial charge on any atom is -0.311 e. The zero-order chi connectivity index (χ0) is 22.0. The van der Waals surface area contributed by atoms with E-state index in [1.165, 1.54) is 11.8 Å². The highest BCUT2D eigenvalue weighted by Crippen LogP contribution is 2.32. The highest BCUT2D eigenvalue weighted by molar-refractivity contribution is 6.05. The Morgan fingerprint density at radius 2 is 1.74 bits per heavy atom. The summed E-state index contributed by atoms with van der Waals surface area (Å²) in [7, 11) is 0. The number of fused-ring (bicyclic) bond motifs is 2. The predicted molar refractivity (Wildman–Crippen MR) is 113 cm³/mol. The highest BCUT2D eigenvalue weighted by Gasteiger charge is 2.28. The molecule has 2 aromatic carbocycles. The molecule has 2 heterocycles. The number of aromatic nitrogens is 2. The summed E-state index contributed by atoms with van der Waals surface area (Å²) in [6, 6.07) is 13.5. The molecule has 9 heteroatoms. The van der Waals surface area contributed by atoms with Crippen molar-refractivity contribution in [2.75, 3.05) is 0 Å². The summed E-state index contributed by atoms with van der Waals surface area (Å²) >= 11 is 0. The lowest BCUT2D eigenvalue weighted by Gasteiger charge is -2.32. The van der Waals surface area contributed by atoms with Crippen LogP contribution < -0.4 is 16.4 Å². The number of hydrogen-bond donors (Lipinski definition) is 3. The number of H-pyrrole nitrogens is 1. The zero-order valence-corrected chi connectivity index (χ0v) is 16.6. The molecule has 0 aliphatic carbocycles. The van der Waals surface area contributed by atoms with Gasteiger partial charge in [0.1, 0.15) is 0 Å². The third-order valence-electron chi connectivity index (χ3n) is 5.07. The molecule has 0 bridgehead atoms. The monoisotopic (exact) mass is 417 g/mol. The van der Waals surface area contributed by atoms with Gasteiger partial charge in [-0.15, -0.1) is 0 Å². The topological polar surface area (TPSA) is 124 Å². The molecule has 3 N–H and O–H groups in total. The maximum absolute atomic E-state index is 12.6. The van der Waals surface area contributed by atoms with E-state index in [9.17, 15) is 19.2 Å². The molecule has 3 aromatic rings. The minimum absolute atomic E-state index is 0.0215. The number of nitrogens with one attached hydrogen (secondary N) is 3. The van der Waals surface area contributed by atoms with Gasteiger partial charge in [-0.3, -0.25) is 30.0 Å². The number of amides is 3. The van der Waals surface area contributed by atoms with Crippen LogP contribution in [-0.4, -0.2) is 32.8 Å². The van der Waals surface area contributed by atoms with E-state index in [1.807, 2.05) is 30.3 Å². The van der Waals surface area contributed by atoms with Crippen molar-refractivity contribution in [2.24, 2.45) is 0 Å². The molecule has 0 saturated heterocycles. The van der Waals surface area contributed by atoms with E-state index in [2.05, 4.69) is 21.0 Å². The summed E-state index contributed by atoms with van der Waals surface area (Å²) in [4.78, 5) is 50.5. The first-order valence-electron chi connectivity index (χ1n) is 9.58. The van der Waals surface area contributed by atoms with Gasteiger partial charge >= 0.3 is 0 Å². The molecule has 1 atom stereocenters. The molecule has 1 aliphatic rings. The van der Waals surface area contributed by atoms with Crippen LogP contribution in [0.3, 0.4) is 0 Å².